The van der Waals surface area contributed by atoms with E-state index in [9.17, 15) is 4.79 Å². The lowest BCUT2D eigenvalue weighted by molar-refractivity contribution is -0.146. The molecule has 0 saturated carbocycles. The molecular weight excluding hydrogens is 236 g/mol. The first-order valence-electron chi connectivity index (χ1n) is 6.77. The highest BCUT2D eigenvalue weighted by atomic mass is 16.7. The van der Waals surface area contributed by atoms with Crippen LogP contribution in [-0.2, 0) is 18.9 Å². The van der Waals surface area contributed by atoms with Gasteiger partial charge in [-0.3, -0.25) is 0 Å². The van der Waals surface area contributed by atoms with Gasteiger partial charge >= 0.3 is 6.16 Å². The van der Waals surface area contributed by atoms with Crippen molar-refractivity contribution in [2.75, 3.05) is 26.4 Å². The molecule has 0 aliphatic carbocycles. The molecule has 2 aliphatic rings. The summed E-state index contributed by atoms with van der Waals surface area (Å²) in [6.45, 7) is 6.29. The molecule has 0 aromatic rings. The molecule has 0 spiro atoms. The van der Waals surface area contributed by atoms with Gasteiger partial charge in [0.1, 0.15) is 13.2 Å². The summed E-state index contributed by atoms with van der Waals surface area (Å²) in [5, 5.41) is 0. The summed E-state index contributed by atoms with van der Waals surface area (Å²) in [4.78, 5) is 11.4. The summed E-state index contributed by atoms with van der Waals surface area (Å²) in [6, 6.07) is 0. The zero-order chi connectivity index (χ0) is 13.0. The number of hydrogen-bond acceptors (Lipinski definition) is 5. The Labute approximate surface area is 108 Å². The molecule has 2 fully saturated rings. The van der Waals surface area contributed by atoms with Gasteiger partial charge in [-0.1, -0.05) is 13.8 Å². The first-order chi connectivity index (χ1) is 8.74. The molecule has 0 amide bonds. The molecular formula is C13H22O5. The number of rotatable bonds is 6. The van der Waals surface area contributed by atoms with Crippen LogP contribution >= 0.6 is 0 Å². The Kier molecular flexibility index (Phi) is 4.83. The lowest BCUT2D eigenvalue weighted by atomic mass is 9.97. The fourth-order valence-electron chi connectivity index (χ4n) is 2.34. The topological polar surface area (TPSA) is 54.0 Å². The maximum Gasteiger partial charge on any atom is 0.508 e. The minimum absolute atomic E-state index is 0.238. The average molecular weight is 258 g/mol. The van der Waals surface area contributed by atoms with Gasteiger partial charge in [0.2, 0.25) is 0 Å². The zero-order valence-corrected chi connectivity index (χ0v) is 11.1. The minimum atomic E-state index is -0.571. The van der Waals surface area contributed by atoms with E-state index in [1.165, 1.54) is 0 Å². The molecule has 18 heavy (non-hydrogen) atoms. The van der Waals surface area contributed by atoms with Crippen LogP contribution in [0.3, 0.4) is 0 Å². The highest BCUT2D eigenvalue weighted by molar-refractivity contribution is 5.59. The van der Waals surface area contributed by atoms with E-state index in [0.717, 1.165) is 12.8 Å². The molecule has 0 aromatic carbocycles. The average Bonchev–Trinajstić information content (AvgIpc) is 2.28. The van der Waals surface area contributed by atoms with Crippen LogP contribution in [0.15, 0.2) is 0 Å². The maximum absolute atomic E-state index is 11.4. The fourth-order valence-corrected chi connectivity index (χ4v) is 2.34. The van der Waals surface area contributed by atoms with Crippen molar-refractivity contribution in [1.82, 2.24) is 0 Å². The molecule has 5 nitrogen and oxygen atoms in total. The molecule has 2 rings (SSSR count). The van der Waals surface area contributed by atoms with Crippen LogP contribution in [0.1, 0.15) is 26.7 Å². The van der Waals surface area contributed by atoms with Gasteiger partial charge in [0.15, 0.2) is 0 Å². The van der Waals surface area contributed by atoms with Crippen molar-refractivity contribution in [3.05, 3.63) is 0 Å². The van der Waals surface area contributed by atoms with E-state index in [1.807, 2.05) is 0 Å². The van der Waals surface area contributed by atoms with Crippen molar-refractivity contribution >= 4 is 6.16 Å². The van der Waals surface area contributed by atoms with Gasteiger partial charge in [0.25, 0.3) is 0 Å². The van der Waals surface area contributed by atoms with Gasteiger partial charge in [-0.15, -0.1) is 0 Å². The lowest BCUT2D eigenvalue weighted by Crippen LogP contribution is -2.43. The van der Waals surface area contributed by atoms with Crippen LogP contribution < -0.4 is 0 Å². The van der Waals surface area contributed by atoms with Crippen molar-refractivity contribution < 1.29 is 23.7 Å². The predicted octanol–water partition coefficient (Wildman–Crippen LogP) is 1.99. The van der Waals surface area contributed by atoms with E-state index >= 15 is 0 Å². The monoisotopic (exact) mass is 258 g/mol. The molecule has 0 aromatic heterocycles. The van der Waals surface area contributed by atoms with Crippen LogP contribution in [0.4, 0.5) is 4.79 Å². The maximum atomic E-state index is 11.4. The number of carbonyl (C=O) groups is 1. The van der Waals surface area contributed by atoms with E-state index in [4.69, 9.17) is 18.9 Å². The lowest BCUT2D eigenvalue weighted by Gasteiger charge is -2.36. The molecule has 4 atom stereocenters. The van der Waals surface area contributed by atoms with E-state index in [1.54, 1.807) is 0 Å². The second-order valence-corrected chi connectivity index (χ2v) is 4.95. The van der Waals surface area contributed by atoms with Crippen molar-refractivity contribution in [1.29, 1.82) is 0 Å². The Morgan fingerprint density at radius 3 is 1.72 bits per heavy atom. The van der Waals surface area contributed by atoms with Crippen LogP contribution in [0.2, 0.25) is 0 Å². The van der Waals surface area contributed by atoms with Crippen molar-refractivity contribution in [2.45, 2.75) is 38.9 Å². The Morgan fingerprint density at radius 2 is 1.44 bits per heavy atom. The zero-order valence-electron chi connectivity index (χ0n) is 11.1. The van der Waals surface area contributed by atoms with E-state index in [0.29, 0.717) is 38.3 Å². The minimum Gasteiger partial charge on any atom is -0.434 e. The third-order valence-corrected chi connectivity index (χ3v) is 3.74. The van der Waals surface area contributed by atoms with Gasteiger partial charge in [0, 0.05) is 11.8 Å². The van der Waals surface area contributed by atoms with Crippen LogP contribution in [0.25, 0.3) is 0 Å². The van der Waals surface area contributed by atoms with Gasteiger partial charge in [0.05, 0.1) is 25.4 Å². The number of hydrogen-bond donors (Lipinski definition) is 0. The second-order valence-electron chi connectivity index (χ2n) is 4.95. The quantitative estimate of drug-likeness (QED) is 0.682. The van der Waals surface area contributed by atoms with Crippen LogP contribution in [-0.4, -0.2) is 44.8 Å². The van der Waals surface area contributed by atoms with Gasteiger partial charge < -0.3 is 18.9 Å². The van der Waals surface area contributed by atoms with E-state index < -0.39 is 6.16 Å². The summed E-state index contributed by atoms with van der Waals surface area (Å²) >= 11 is 0. The molecule has 0 N–H and O–H groups in total. The Bertz CT molecular complexity index is 251. The third-order valence-electron chi connectivity index (χ3n) is 3.74. The number of carbonyl (C=O) groups excluding carboxylic acids is 1. The fraction of sp³-hybridized carbons (Fsp3) is 0.923. The normalized spacial score (nSPS) is 34.3. The van der Waals surface area contributed by atoms with Crippen molar-refractivity contribution in [3.8, 4) is 0 Å². The van der Waals surface area contributed by atoms with Crippen molar-refractivity contribution in [2.24, 2.45) is 11.8 Å². The third kappa shape index (κ3) is 3.14. The van der Waals surface area contributed by atoms with Crippen molar-refractivity contribution in [3.63, 3.8) is 0 Å². The molecule has 2 saturated heterocycles. The second kappa shape index (κ2) is 6.38. The van der Waals surface area contributed by atoms with E-state index in [2.05, 4.69) is 13.8 Å². The summed E-state index contributed by atoms with van der Waals surface area (Å²) in [5.41, 5.74) is 0. The molecule has 2 aliphatic heterocycles. The molecule has 4 unspecified atom stereocenters. The van der Waals surface area contributed by atoms with Gasteiger partial charge in [-0.05, 0) is 12.8 Å². The van der Waals surface area contributed by atoms with Crippen LogP contribution in [0, 0.1) is 11.8 Å². The standard InChI is InChI=1S/C13H22O5/c1-3-11-9(5-15-11)7-17-13(14)18-8-10-6-16-12(10)4-2/h9-12H,3-8H2,1-2H3. The highest BCUT2D eigenvalue weighted by Gasteiger charge is 2.33. The molecule has 104 valence electrons. The summed E-state index contributed by atoms with van der Waals surface area (Å²) < 4.78 is 20.8. The van der Waals surface area contributed by atoms with E-state index in [-0.39, 0.29) is 12.2 Å². The summed E-state index contributed by atoms with van der Waals surface area (Å²) in [6.07, 6.45) is 1.82. The predicted molar refractivity (Wildman–Crippen MR) is 64.3 cm³/mol. The van der Waals surface area contributed by atoms with Gasteiger partial charge in [-0.25, -0.2) is 4.79 Å². The molecule has 0 radical (unpaired) electrons. The molecule has 0 bridgehead atoms. The Morgan fingerprint density at radius 1 is 1.00 bits per heavy atom. The smallest absolute Gasteiger partial charge is 0.434 e. The Balaban J connectivity index is 1.55. The number of ether oxygens (including phenoxy) is 4. The summed E-state index contributed by atoms with van der Waals surface area (Å²) in [5.74, 6) is 0.663. The Hall–Kier alpha value is -0.810. The molecule has 2 heterocycles. The van der Waals surface area contributed by atoms with Gasteiger partial charge in [-0.2, -0.15) is 0 Å². The SMILES string of the molecule is CCC1OCC1COC(=O)OCC1COC1CC. The largest absolute Gasteiger partial charge is 0.508 e. The van der Waals surface area contributed by atoms with Crippen LogP contribution in [0.5, 0.6) is 0 Å². The first kappa shape index (κ1) is 13.6. The first-order valence-corrected chi connectivity index (χ1v) is 6.77. The molecule has 5 heteroatoms. The summed E-state index contributed by atoms with van der Waals surface area (Å²) in [7, 11) is 0. The highest BCUT2D eigenvalue weighted by Crippen LogP contribution is 2.24.